The minimum absolute atomic E-state index is 0.0145. The van der Waals surface area contributed by atoms with Crippen molar-refractivity contribution in [3.63, 3.8) is 0 Å². The third kappa shape index (κ3) is 2.63. The number of carbonyl (C=O) groups is 1. The lowest BCUT2D eigenvalue weighted by Gasteiger charge is -2.05. The van der Waals surface area contributed by atoms with Gasteiger partial charge >= 0.3 is 0 Å². The van der Waals surface area contributed by atoms with Gasteiger partial charge in [-0.25, -0.2) is 4.39 Å². The van der Waals surface area contributed by atoms with Crippen LogP contribution in [0, 0.1) is 29.8 Å². The van der Waals surface area contributed by atoms with E-state index in [1.54, 1.807) is 6.92 Å². The van der Waals surface area contributed by atoms with Gasteiger partial charge in [-0.2, -0.15) is 0 Å². The molecule has 0 saturated heterocycles. The maximum Gasteiger partial charge on any atom is 0.270 e. The number of nitro groups is 1. The first-order chi connectivity index (χ1) is 9.38. The number of nitrogens with zero attached hydrogens (tertiary/aromatic N) is 2. The highest BCUT2D eigenvalue weighted by molar-refractivity contribution is 6.04. The fraction of sp³-hybridized carbons (Fsp3) is 0.167. The lowest BCUT2D eigenvalue weighted by molar-refractivity contribution is -0.385. The van der Waals surface area contributed by atoms with Crippen molar-refractivity contribution in [2.45, 2.75) is 13.8 Å². The van der Waals surface area contributed by atoms with Gasteiger partial charge in [0.25, 0.3) is 11.6 Å². The van der Waals surface area contributed by atoms with Crippen LogP contribution in [0.25, 0.3) is 0 Å². The number of hydrogen-bond donors (Lipinski definition) is 1. The highest BCUT2D eigenvalue weighted by atomic mass is 19.1. The molecule has 2 rings (SSSR count). The number of amides is 1. The summed E-state index contributed by atoms with van der Waals surface area (Å²) < 4.78 is 18.6. The van der Waals surface area contributed by atoms with Crippen molar-refractivity contribution in [2.75, 3.05) is 5.32 Å². The number of benzene rings is 1. The van der Waals surface area contributed by atoms with Gasteiger partial charge in [0.1, 0.15) is 11.6 Å². The zero-order valence-corrected chi connectivity index (χ0v) is 10.6. The van der Waals surface area contributed by atoms with Gasteiger partial charge in [-0.15, -0.1) is 0 Å². The van der Waals surface area contributed by atoms with E-state index in [2.05, 4.69) is 10.5 Å². The van der Waals surface area contributed by atoms with E-state index in [-0.39, 0.29) is 17.1 Å². The topological polar surface area (TPSA) is 98.3 Å². The second-order valence-electron chi connectivity index (χ2n) is 4.16. The molecular formula is C12H10FN3O4. The molecule has 2 aromatic rings. The molecule has 1 aromatic heterocycles. The van der Waals surface area contributed by atoms with E-state index in [0.717, 1.165) is 12.1 Å². The maximum atomic E-state index is 13.9. The van der Waals surface area contributed by atoms with Gasteiger partial charge in [-0.1, -0.05) is 5.16 Å². The number of halogens is 1. The number of hydrogen-bond acceptors (Lipinski definition) is 5. The van der Waals surface area contributed by atoms with Gasteiger partial charge in [-0.05, 0) is 19.4 Å². The molecule has 1 heterocycles. The Kier molecular flexibility index (Phi) is 3.47. The van der Waals surface area contributed by atoms with E-state index in [1.807, 2.05) is 0 Å². The molecule has 0 radical (unpaired) electrons. The molecule has 104 valence electrons. The number of aromatic nitrogens is 1. The summed E-state index contributed by atoms with van der Waals surface area (Å²) in [6.07, 6.45) is 0. The number of anilines is 1. The van der Waals surface area contributed by atoms with Crippen LogP contribution in [0.15, 0.2) is 22.7 Å². The van der Waals surface area contributed by atoms with Crippen LogP contribution in [0.4, 0.5) is 15.9 Å². The first kappa shape index (κ1) is 13.7. The van der Waals surface area contributed by atoms with Crippen molar-refractivity contribution in [1.82, 2.24) is 5.16 Å². The molecule has 0 unspecified atom stereocenters. The summed E-state index contributed by atoms with van der Waals surface area (Å²) in [5.74, 6) is -1.07. The third-order valence-electron chi connectivity index (χ3n) is 2.56. The van der Waals surface area contributed by atoms with Crippen LogP contribution >= 0.6 is 0 Å². The molecule has 0 atom stereocenters. The molecule has 0 bridgehead atoms. The van der Waals surface area contributed by atoms with Crippen LogP contribution in [0.3, 0.4) is 0 Å². The zero-order valence-electron chi connectivity index (χ0n) is 10.6. The van der Waals surface area contributed by atoms with Crippen molar-refractivity contribution in [2.24, 2.45) is 0 Å². The van der Waals surface area contributed by atoms with Crippen LogP contribution in [0.2, 0.25) is 0 Å². The predicted molar refractivity (Wildman–Crippen MR) is 67.0 cm³/mol. The number of carbonyl (C=O) groups excluding carboxylic acids is 1. The number of nitrogens with one attached hydrogen (secondary N) is 1. The molecule has 1 aromatic carbocycles. The van der Waals surface area contributed by atoms with Gasteiger partial charge in [0.2, 0.25) is 0 Å². The zero-order chi connectivity index (χ0) is 14.9. The van der Waals surface area contributed by atoms with Crippen molar-refractivity contribution in [1.29, 1.82) is 0 Å². The summed E-state index contributed by atoms with van der Waals surface area (Å²) in [6.45, 7) is 2.97. The Hall–Kier alpha value is -2.77. The first-order valence-electron chi connectivity index (χ1n) is 5.57. The number of nitro benzene ring substituents is 1. The fourth-order valence-electron chi connectivity index (χ4n) is 1.63. The van der Waals surface area contributed by atoms with Crippen LogP contribution in [0.5, 0.6) is 0 Å². The Balaban J connectivity index is 2.36. The molecule has 7 nitrogen and oxygen atoms in total. The summed E-state index contributed by atoms with van der Waals surface area (Å²) in [4.78, 5) is 21.9. The molecule has 0 saturated carbocycles. The number of non-ortho nitro benzene ring substituents is 1. The van der Waals surface area contributed by atoms with Gasteiger partial charge in [0.05, 0.1) is 10.5 Å². The fourth-order valence-corrected chi connectivity index (χ4v) is 1.63. The maximum absolute atomic E-state index is 13.9. The van der Waals surface area contributed by atoms with E-state index in [1.165, 1.54) is 13.0 Å². The number of rotatable bonds is 3. The molecular weight excluding hydrogens is 269 g/mol. The molecule has 1 amide bonds. The SMILES string of the molecule is Cc1cc(NC(=O)c2cc([N+](=O)[O-])cc(C)c2F)no1. The summed E-state index contributed by atoms with van der Waals surface area (Å²) in [5.41, 5.74) is -0.761. The van der Waals surface area contributed by atoms with Crippen molar-refractivity contribution < 1.29 is 18.6 Å². The van der Waals surface area contributed by atoms with Crippen LogP contribution in [-0.4, -0.2) is 16.0 Å². The van der Waals surface area contributed by atoms with Crippen LogP contribution in [0.1, 0.15) is 21.7 Å². The van der Waals surface area contributed by atoms with Crippen molar-refractivity contribution in [3.8, 4) is 0 Å². The molecule has 0 aliphatic heterocycles. The normalized spacial score (nSPS) is 10.3. The van der Waals surface area contributed by atoms with E-state index in [0.29, 0.717) is 5.76 Å². The van der Waals surface area contributed by atoms with Gasteiger partial charge in [0.15, 0.2) is 5.82 Å². The molecule has 8 heteroatoms. The largest absolute Gasteiger partial charge is 0.360 e. The Bertz CT molecular complexity index is 696. The molecule has 1 N–H and O–H groups in total. The van der Waals surface area contributed by atoms with Gasteiger partial charge < -0.3 is 9.84 Å². The lowest BCUT2D eigenvalue weighted by atomic mass is 10.1. The summed E-state index contributed by atoms with van der Waals surface area (Å²) in [6, 6.07) is 3.39. The van der Waals surface area contributed by atoms with E-state index in [4.69, 9.17) is 4.52 Å². The highest BCUT2D eigenvalue weighted by Crippen LogP contribution is 2.22. The second kappa shape index (κ2) is 5.08. The first-order valence-corrected chi connectivity index (χ1v) is 5.57. The summed E-state index contributed by atoms with van der Waals surface area (Å²) in [7, 11) is 0. The Morgan fingerprint density at radius 1 is 1.40 bits per heavy atom. The van der Waals surface area contributed by atoms with E-state index < -0.39 is 22.2 Å². The van der Waals surface area contributed by atoms with Gasteiger partial charge in [-0.3, -0.25) is 14.9 Å². The quantitative estimate of drug-likeness (QED) is 0.687. The summed E-state index contributed by atoms with van der Waals surface area (Å²) >= 11 is 0. The Morgan fingerprint density at radius 3 is 2.65 bits per heavy atom. The van der Waals surface area contributed by atoms with E-state index >= 15 is 0 Å². The minimum Gasteiger partial charge on any atom is -0.360 e. The monoisotopic (exact) mass is 279 g/mol. The average Bonchev–Trinajstić information content (AvgIpc) is 2.77. The summed E-state index contributed by atoms with van der Waals surface area (Å²) in [5, 5.41) is 16.6. The molecule has 20 heavy (non-hydrogen) atoms. The molecule has 0 spiro atoms. The molecule has 0 aliphatic carbocycles. The van der Waals surface area contributed by atoms with E-state index in [9.17, 15) is 19.3 Å². The van der Waals surface area contributed by atoms with Crippen LogP contribution < -0.4 is 5.32 Å². The van der Waals surface area contributed by atoms with Crippen LogP contribution in [-0.2, 0) is 0 Å². The van der Waals surface area contributed by atoms with Gasteiger partial charge in [0, 0.05) is 18.2 Å². The Labute approximate surface area is 112 Å². The second-order valence-corrected chi connectivity index (χ2v) is 4.16. The van der Waals surface area contributed by atoms with Crippen molar-refractivity contribution in [3.05, 3.63) is 51.0 Å². The number of aryl methyl sites for hydroxylation is 2. The standard InChI is InChI=1S/C12H10FN3O4/c1-6-3-8(16(18)19)5-9(11(6)13)12(17)14-10-4-7(2)20-15-10/h3-5H,1-2H3,(H,14,15,17). The smallest absolute Gasteiger partial charge is 0.270 e. The predicted octanol–water partition coefficient (Wildman–Crippen LogP) is 2.59. The van der Waals surface area contributed by atoms with Crippen molar-refractivity contribution >= 4 is 17.4 Å². The molecule has 0 fully saturated rings. The average molecular weight is 279 g/mol. The highest BCUT2D eigenvalue weighted by Gasteiger charge is 2.20. The molecule has 0 aliphatic rings. The lowest BCUT2D eigenvalue weighted by Crippen LogP contribution is -2.15. The Morgan fingerprint density at radius 2 is 2.10 bits per heavy atom. The third-order valence-corrected chi connectivity index (χ3v) is 2.56. The minimum atomic E-state index is -0.831.